The van der Waals surface area contributed by atoms with Crippen LogP contribution in [0.3, 0.4) is 0 Å². The standard InChI is InChI=1S/C13H14N4O4/c1-17-12(20)7-3-2-6(4-8(7)13(17)21)16-11(19)9(14)5-10(15)18/h2-4,9H,5,14H2,1H3,(H2,15,18)(H,16,19). The number of carbonyl (C=O) groups excluding carboxylic acids is 4. The van der Waals surface area contributed by atoms with Gasteiger partial charge in [-0.2, -0.15) is 0 Å². The predicted molar refractivity (Wildman–Crippen MR) is 73.3 cm³/mol. The largest absolute Gasteiger partial charge is 0.370 e. The fourth-order valence-electron chi connectivity index (χ4n) is 1.98. The molecule has 110 valence electrons. The average Bonchev–Trinajstić information content (AvgIpc) is 2.63. The first-order chi connectivity index (χ1) is 9.81. The van der Waals surface area contributed by atoms with Gasteiger partial charge in [0.15, 0.2) is 0 Å². The lowest BCUT2D eigenvalue weighted by Gasteiger charge is -2.11. The number of nitrogens with two attached hydrogens (primary N) is 2. The lowest BCUT2D eigenvalue weighted by Crippen LogP contribution is -2.39. The van der Waals surface area contributed by atoms with E-state index >= 15 is 0 Å². The van der Waals surface area contributed by atoms with E-state index in [4.69, 9.17) is 11.5 Å². The summed E-state index contributed by atoms with van der Waals surface area (Å²) in [4.78, 5) is 47.0. The van der Waals surface area contributed by atoms with Crippen molar-refractivity contribution < 1.29 is 19.2 Å². The molecular weight excluding hydrogens is 276 g/mol. The number of amides is 4. The average molecular weight is 290 g/mol. The highest BCUT2D eigenvalue weighted by Crippen LogP contribution is 2.24. The van der Waals surface area contributed by atoms with Crippen molar-refractivity contribution in [3.8, 4) is 0 Å². The van der Waals surface area contributed by atoms with Gasteiger partial charge in [0.2, 0.25) is 11.8 Å². The number of nitrogens with zero attached hydrogens (tertiary/aromatic N) is 1. The third-order valence-corrected chi connectivity index (χ3v) is 3.12. The number of hydrogen-bond donors (Lipinski definition) is 3. The van der Waals surface area contributed by atoms with Crippen LogP contribution in [-0.4, -0.2) is 41.6 Å². The molecule has 0 spiro atoms. The second-order valence-electron chi connectivity index (χ2n) is 4.70. The van der Waals surface area contributed by atoms with Crippen LogP contribution in [0.2, 0.25) is 0 Å². The number of rotatable bonds is 4. The van der Waals surface area contributed by atoms with Crippen molar-refractivity contribution in [1.82, 2.24) is 4.90 Å². The number of hydrogen-bond acceptors (Lipinski definition) is 5. The number of anilines is 1. The summed E-state index contributed by atoms with van der Waals surface area (Å²) in [6, 6.07) is 3.26. The maximum Gasteiger partial charge on any atom is 0.261 e. The van der Waals surface area contributed by atoms with Crippen molar-refractivity contribution in [2.75, 3.05) is 12.4 Å². The summed E-state index contributed by atoms with van der Waals surface area (Å²) in [5, 5.41) is 2.47. The second-order valence-corrected chi connectivity index (χ2v) is 4.70. The molecule has 1 aromatic carbocycles. The highest BCUT2D eigenvalue weighted by atomic mass is 16.2. The van der Waals surface area contributed by atoms with Crippen molar-refractivity contribution >= 4 is 29.3 Å². The summed E-state index contributed by atoms with van der Waals surface area (Å²) in [6.45, 7) is 0. The molecule has 0 fully saturated rings. The molecule has 2 rings (SSSR count). The first-order valence-electron chi connectivity index (χ1n) is 6.12. The SMILES string of the molecule is CN1C(=O)c2ccc(NC(=O)C(N)CC(N)=O)cc2C1=O. The van der Waals surface area contributed by atoms with Crippen LogP contribution in [-0.2, 0) is 9.59 Å². The van der Waals surface area contributed by atoms with Crippen molar-refractivity contribution in [3.05, 3.63) is 29.3 Å². The Morgan fingerprint density at radius 2 is 1.86 bits per heavy atom. The van der Waals surface area contributed by atoms with Gasteiger partial charge in [0.05, 0.1) is 23.6 Å². The van der Waals surface area contributed by atoms with Gasteiger partial charge in [-0.1, -0.05) is 0 Å². The van der Waals surface area contributed by atoms with E-state index in [1.165, 1.54) is 25.2 Å². The Morgan fingerprint density at radius 3 is 2.48 bits per heavy atom. The van der Waals surface area contributed by atoms with Crippen LogP contribution in [0.1, 0.15) is 27.1 Å². The molecule has 1 atom stereocenters. The molecule has 0 saturated carbocycles. The van der Waals surface area contributed by atoms with Crippen molar-refractivity contribution in [1.29, 1.82) is 0 Å². The first-order valence-corrected chi connectivity index (χ1v) is 6.12. The van der Waals surface area contributed by atoms with Gasteiger partial charge >= 0.3 is 0 Å². The van der Waals surface area contributed by atoms with E-state index in [0.717, 1.165) is 4.90 Å². The summed E-state index contributed by atoms with van der Waals surface area (Å²) in [7, 11) is 1.38. The first kappa shape index (κ1) is 14.7. The third-order valence-electron chi connectivity index (χ3n) is 3.12. The molecule has 1 unspecified atom stereocenters. The second kappa shape index (κ2) is 5.33. The van der Waals surface area contributed by atoms with E-state index in [9.17, 15) is 19.2 Å². The number of fused-ring (bicyclic) bond motifs is 1. The van der Waals surface area contributed by atoms with Gasteiger partial charge in [-0.05, 0) is 18.2 Å². The van der Waals surface area contributed by atoms with Gasteiger partial charge in [0, 0.05) is 12.7 Å². The fourth-order valence-corrected chi connectivity index (χ4v) is 1.98. The maximum absolute atomic E-state index is 11.8. The Balaban J connectivity index is 2.17. The number of carbonyl (C=O) groups is 4. The van der Waals surface area contributed by atoms with E-state index in [1.807, 2.05) is 0 Å². The zero-order chi connectivity index (χ0) is 15.7. The molecule has 5 N–H and O–H groups in total. The van der Waals surface area contributed by atoms with Crippen LogP contribution in [0.4, 0.5) is 5.69 Å². The Bertz CT molecular complexity index is 656. The Hall–Kier alpha value is -2.74. The number of imide groups is 1. The fraction of sp³-hybridized carbons (Fsp3) is 0.231. The molecule has 0 radical (unpaired) electrons. The van der Waals surface area contributed by atoms with Gasteiger partial charge in [0.1, 0.15) is 0 Å². The lowest BCUT2D eigenvalue weighted by atomic mass is 10.1. The quantitative estimate of drug-likeness (QED) is 0.614. The minimum Gasteiger partial charge on any atom is -0.370 e. The van der Waals surface area contributed by atoms with Crippen LogP contribution < -0.4 is 16.8 Å². The van der Waals surface area contributed by atoms with E-state index in [1.54, 1.807) is 0 Å². The summed E-state index contributed by atoms with van der Waals surface area (Å²) in [6.07, 6.45) is -0.281. The molecule has 8 heteroatoms. The third kappa shape index (κ3) is 2.75. The Kier molecular flexibility index (Phi) is 3.72. The van der Waals surface area contributed by atoms with E-state index in [0.29, 0.717) is 5.69 Å². The highest BCUT2D eigenvalue weighted by Gasteiger charge is 2.32. The van der Waals surface area contributed by atoms with E-state index < -0.39 is 29.7 Å². The van der Waals surface area contributed by atoms with Crippen LogP contribution in [0.15, 0.2) is 18.2 Å². The Labute approximate surface area is 120 Å². The summed E-state index contributed by atoms with van der Waals surface area (Å²) in [5.74, 6) is -2.11. The molecule has 0 saturated heterocycles. The molecule has 0 bridgehead atoms. The summed E-state index contributed by atoms with van der Waals surface area (Å²) >= 11 is 0. The zero-order valence-electron chi connectivity index (χ0n) is 11.3. The molecule has 21 heavy (non-hydrogen) atoms. The highest BCUT2D eigenvalue weighted by molar-refractivity contribution is 6.21. The normalized spacial score (nSPS) is 14.9. The van der Waals surface area contributed by atoms with Gasteiger partial charge in [-0.15, -0.1) is 0 Å². The van der Waals surface area contributed by atoms with Crippen molar-refractivity contribution in [2.24, 2.45) is 11.5 Å². The number of primary amides is 1. The molecule has 4 amide bonds. The number of benzene rings is 1. The molecule has 1 aromatic rings. The zero-order valence-corrected chi connectivity index (χ0v) is 11.3. The minimum absolute atomic E-state index is 0.212. The molecule has 0 aromatic heterocycles. The summed E-state index contributed by atoms with van der Waals surface area (Å²) in [5.41, 5.74) is 11.3. The van der Waals surface area contributed by atoms with Gasteiger partial charge in [-0.25, -0.2) is 0 Å². The van der Waals surface area contributed by atoms with Gasteiger partial charge in [-0.3, -0.25) is 24.1 Å². The minimum atomic E-state index is -1.07. The predicted octanol–water partition coefficient (Wildman–Crippen LogP) is -0.946. The molecule has 1 heterocycles. The smallest absolute Gasteiger partial charge is 0.261 e. The molecule has 8 nitrogen and oxygen atoms in total. The molecule has 0 aliphatic carbocycles. The van der Waals surface area contributed by atoms with E-state index in [2.05, 4.69) is 5.32 Å². The summed E-state index contributed by atoms with van der Waals surface area (Å²) < 4.78 is 0. The van der Waals surface area contributed by atoms with Crippen molar-refractivity contribution in [3.63, 3.8) is 0 Å². The van der Waals surface area contributed by atoms with Crippen LogP contribution >= 0.6 is 0 Å². The monoisotopic (exact) mass is 290 g/mol. The molecule has 1 aliphatic rings. The van der Waals surface area contributed by atoms with Crippen LogP contribution in [0, 0.1) is 0 Å². The van der Waals surface area contributed by atoms with Crippen LogP contribution in [0.5, 0.6) is 0 Å². The lowest BCUT2D eigenvalue weighted by molar-refractivity contribution is -0.123. The molecular formula is C13H14N4O4. The van der Waals surface area contributed by atoms with Gasteiger partial charge < -0.3 is 16.8 Å². The Morgan fingerprint density at radius 1 is 1.24 bits per heavy atom. The molecule has 1 aliphatic heterocycles. The van der Waals surface area contributed by atoms with E-state index in [-0.39, 0.29) is 17.5 Å². The topological polar surface area (TPSA) is 136 Å². The number of nitrogens with one attached hydrogen (secondary N) is 1. The van der Waals surface area contributed by atoms with Crippen molar-refractivity contribution in [2.45, 2.75) is 12.5 Å². The maximum atomic E-state index is 11.8. The van der Waals surface area contributed by atoms with Crippen LogP contribution in [0.25, 0.3) is 0 Å². The van der Waals surface area contributed by atoms with Gasteiger partial charge in [0.25, 0.3) is 11.8 Å².